The van der Waals surface area contributed by atoms with E-state index in [9.17, 15) is 9.00 Å². The van der Waals surface area contributed by atoms with Crippen LogP contribution in [0.2, 0.25) is 0 Å². The Morgan fingerprint density at radius 3 is 2.35 bits per heavy atom. The number of aryl methyl sites for hydroxylation is 1. The van der Waals surface area contributed by atoms with Gasteiger partial charge in [0.05, 0.1) is 11.9 Å². The number of nitrogens with zero attached hydrogens (tertiary/aromatic N) is 1. The van der Waals surface area contributed by atoms with Crippen LogP contribution in [0.4, 0.5) is 11.4 Å². The first kappa shape index (κ1) is 20.4. The van der Waals surface area contributed by atoms with Crippen LogP contribution in [0.25, 0.3) is 0 Å². The molecule has 2 rings (SSSR count). The van der Waals surface area contributed by atoms with Crippen LogP contribution in [0.3, 0.4) is 0 Å². The molecule has 0 fully saturated rings. The monoisotopic (exact) mass is 393 g/mol. The maximum Gasteiger partial charge on any atom is 0.274 e. The Balaban J connectivity index is 1.96. The highest BCUT2D eigenvalue weighted by atomic mass is 35.5. The minimum absolute atomic E-state index is 0.279. The van der Waals surface area contributed by atoms with E-state index in [0.717, 1.165) is 24.9 Å². The van der Waals surface area contributed by atoms with E-state index < -0.39 is 15.2 Å². The number of hydrogen-bond acceptors (Lipinski definition) is 3. The molecule has 0 aliphatic carbocycles. The van der Waals surface area contributed by atoms with Gasteiger partial charge in [0.2, 0.25) is 0 Å². The van der Waals surface area contributed by atoms with Crippen molar-refractivity contribution in [1.82, 2.24) is 4.98 Å². The summed E-state index contributed by atoms with van der Waals surface area (Å²) in [5.74, 6) is -0.295. The molecule has 0 spiro atoms. The Morgan fingerprint density at radius 2 is 1.81 bits per heavy atom. The van der Waals surface area contributed by atoms with Crippen LogP contribution in [0, 0.1) is 0 Å². The van der Waals surface area contributed by atoms with Gasteiger partial charge in [-0.05, 0) is 56.5 Å². The summed E-state index contributed by atoms with van der Waals surface area (Å²) in [6.45, 7) is 5.47. The summed E-state index contributed by atoms with van der Waals surface area (Å²) in [6.07, 6.45) is 4.82. The van der Waals surface area contributed by atoms with Gasteiger partial charge in [-0.2, -0.15) is 0 Å². The number of halogens is 1. The number of carbonyl (C=O) groups is 1. The third kappa shape index (κ3) is 6.11. The van der Waals surface area contributed by atoms with Crippen molar-refractivity contribution in [1.29, 1.82) is 0 Å². The fraction of sp³-hybridized carbons (Fsp3) is 0.368. The number of rotatable bonds is 8. The zero-order valence-electron chi connectivity index (χ0n) is 15.2. The second-order valence-electron chi connectivity index (χ2n) is 6.42. The van der Waals surface area contributed by atoms with E-state index in [1.165, 1.54) is 11.8 Å². The number of nitrogens with one attached hydrogen (secondary N) is 2. The number of alkyl halides is 1. The van der Waals surface area contributed by atoms with E-state index >= 15 is 0 Å². The van der Waals surface area contributed by atoms with Gasteiger partial charge >= 0.3 is 0 Å². The van der Waals surface area contributed by atoms with Crippen LogP contribution in [-0.4, -0.2) is 19.3 Å². The molecule has 1 aromatic carbocycles. The molecule has 0 bridgehead atoms. The average molecular weight is 394 g/mol. The predicted octanol–water partition coefficient (Wildman–Crippen LogP) is 4.73. The molecular weight excluding hydrogens is 370 g/mol. The number of pyridine rings is 1. The molecule has 0 saturated carbocycles. The van der Waals surface area contributed by atoms with Crippen molar-refractivity contribution in [2.75, 3.05) is 10.0 Å². The second kappa shape index (κ2) is 9.14. The van der Waals surface area contributed by atoms with E-state index in [4.69, 9.17) is 11.6 Å². The third-order valence-electron chi connectivity index (χ3n) is 3.68. The van der Waals surface area contributed by atoms with Gasteiger partial charge in [-0.25, -0.2) is 9.19 Å². The molecule has 1 aromatic heterocycles. The lowest BCUT2D eigenvalue weighted by molar-refractivity contribution is 0.102. The molecule has 1 amide bonds. The summed E-state index contributed by atoms with van der Waals surface area (Å²) >= 11 is 6.00. The van der Waals surface area contributed by atoms with Gasteiger partial charge in [-0.1, -0.05) is 25.5 Å². The summed E-state index contributed by atoms with van der Waals surface area (Å²) in [6, 6.07) is 11.1. The minimum atomic E-state index is -1.47. The molecule has 140 valence electrons. The quantitative estimate of drug-likeness (QED) is 0.637. The Morgan fingerprint density at radius 1 is 1.15 bits per heavy atom. The number of aromatic nitrogens is 1. The maximum absolute atomic E-state index is 12.3. The predicted molar refractivity (Wildman–Crippen MR) is 109 cm³/mol. The minimum Gasteiger partial charge on any atom is -0.321 e. The van der Waals surface area contributed by atoms with Crippen LogP contribution in [0.5, 0.6) is 0 Å². The maximum atomic E-state index is 12.3. The molecule has 1 atom stereocenters. The Labute approximate surface area is 162 Å². The number of anilines is 2. The van der Waals surface area contributed by atoms with Crippen LogP contribution in [0.15, 0.2) is 42.6 Å². The Hall–Kier alpha value is -1.92. The normalized spacial score (nSPS) is 12.5. The lowest BCUT2D eigenvalue weighted by Gasteiger charge is -2.16. The number of carbonyl (C=O) groups excluding carboxylic acids is 1. The highest BCUT2D eigenvalue weighted by molar-refractivity contribution is 7.89. The van der Waals surface area contributed by atoms with E-state index in [0.29, 0.717) is 5.69 Å². The van der Waals surface area contributed by atoms with E-state index in [2.05, 4.69) is 21.9 Å². The highest BCUT2D eigenvalue weighted by Gasteiger charge is 2.22. The van der Waals surface area contributed by atoms with Gasteiger partial charge in [-0.3, -0.25) is 4.79 Å². The van der Waals surface area contributed by atoms with Crippen molar-refractivity contribution in [2.24, 2.45) is 0 Å². The van der Waals surface area contributed by atoms with Crippen molar-refractivity contribution in [2.45, 2.75) is 44.2 Å². The van der Waals surface area contributed by atoms with Gasteiger partial charge in [-0.15, -0.1) is 11.6 Å². The van der Waals surface area contributed by atoms with Crippen molar-refractivity contribution in [3.63, 3.8) is 0 Å². The summed E-state index contributed by atoms with van der Waals surface area (Å²) < 4.78 is 13.8. The fourth-order valence-corrected chi connectivity index (χ4v) is 2.84. The largest absolute Gasteiger partial charge is 0.321 e. The third-order valence-corrected chi connectivity index (χ3v) is 5.40. The van der Waals surface area contributed by atoms with Gasteiger partial charge in [0.25, 0.3) is 5.91 Å². The Kier molecular flexibility index (Phi) is 7.17. The number of hydrogen-bond donors (Lipinski definition) is 2. The SMILES string of the molecule is CCCCc1ccc(NC(=O)c2ccc(NS(=O)C(C)(C)Cl)cn2)cc1. The number of benzene rings is 1. The van der Waals surface area contributed by atoms with Crippen LogP contribution in [-0.2, 0) is 17.4 Å². The van der Waals surface area contributed by atoms with Gasteiger partial charge in [0, 0.05) is 5.69 Å². The van der Waals surface area contributed by atoms with Crippen molar-refractivity contribution in [3.05, 3.63) is 53.9 Å². The molecule has 7 heteroatoms. The molecule has 5 nitrogen and oxygen atoms in total. The lowest BCUT2D eigenvalue weighted by Crippen LogP contribution is -2.24. The van der Waals surface area contributed by atoms with Gasteiger partial charge in [0.15, 0.2) is 0 Å². The number of unbranched alkanes of at least 4 members (excludes halogenated alkanes) is 1. The topological polar surface area (TPSA) is 71.1 Å². The molecule has 1 unspecified atom stereocenters. The molecular formula is C19H24ClN3O2S. The Bertz CT molecular complexity index is 756. The van der Waals surface area contributed by atoms with E-state index in [-0.39, 0.29) is 11.6 Å². The summed E-state index contributed by atoms with van der Waals surface area (Å²) in [7, 11) is -1.47. The fourth-order valence-electron chi connectivity index (χ4n) is 2.15. The van der Waals surface area contributed by atoms with Crippen molar-refractivity contribution >= 4 is 39.9 Å². The van der Waals surface area contributed by atoms with Crippen molar-refractivity contribution in [3.8, 4) is 0 Å². The number of amides is 1. The second-order valence-corrected chi connectivity index (χ2v) is 9.35. The zero-order valence-corrected chi connectivity index (χ0v) is 16.8. The summed E-state index contributed by atoms with van der Waals surface area (Å²) in [4.78, 5) is 16.4. The van der Waals surface area contributed by atoms with Crippen LogP contribution in [0.1, 0.15) is 49.7 Å². The first-order valence-corrected chi connectivity index (χ1v) is 10.1. The molecule has 0 saturated heterocycles. The first-order valence-electron chi connectivity index (χ1n) is 8.53. The smallest absolute Gasteiger partial charge is 0.274 e. The summed E-state index contributed by atoms with van der Waals surface area (Å²) in [5.41, 5.74) is 2.80. The van der Waals surface area contributed by atoms with Crippen molar-refractivity contribution < 1.29 is 9.00 Å². The lowest BCUT2D eigenvalue weighted by atomic mass is 10.1. The molecule has 0 aliphatic heterocycles. The van der Waals surface area contributed by atoms with Gasteiger partial charge < -0.3 is 10.0 Å². The molecule has 0 aliphatic rings. The van der Waals surface area contributed by atoms with E-state index in [1.54, 1.807) is 26.0 Å². The molecule has 26 heavy (non-hydrogen) atoms. The van der Waals surface area contributed by atoms with Gasteiger partial charge in [0.1, 0.15) is 20.9 Å². The van der Waals surface area contributed by atoms with Crippen LogP contribution < -0.4 is 10.0 Å². The average Bonchev–Trinajstić information content (AvgIpc) is 2.61. The zero-order chi connectivity index (χ0) is 19.2. The first-order chi connectivity index (χ1) is 12.3. The molecule has 0 radical (unpaired) electrons. The van der Waals surface area contributed by atoms with Crippen LogP contribution >= 0.6 is 11.6 Å². The standard InChI is InChI=1S/C19H24ClN3O2S/c1-4-5-6-14-7-9-15(10-8-14)22-18(24)17-12-11-16(13-21-17)23-26(25)19(2,3)20/h7-13,23H,4-6H2,1-3H3,(H,22,24). The molecule has 2 aromatic rings. The van der Waals surface area contributed by atoms with E-state index in [1.807, 2.05) is 24.3 Å². The molecule has 1 heterocycles. The highest BCUT2D eigenvalue weighted by Crippen LogP contribution is 2.20. The summed E-state index contributed by atoms with van der Waals surface area (Å²) in [5, 5.41) is 2.82. The molecule has 2 N–H and O–H groups in total.